The van der Waals surface area contributed by atoms with Crippen molar-refractivity contribution in [1.82, 2.24) is 0 Å². The molecule has 4 heteroatoms. The van der Waals surface area contributed by atoms with Crippen molar-refractivity contribution in [2.45, 2.75) is 13.8 Å². The van der Waals surface area contributed by atoms with E-state index in [2.05, 4.69) is 47.2 Å². The molecule has 0 unspecified atom stereocenters. The lowest BCUT2D eigenvalue weighted by Gasteiger charge is -2.13. The van der Waals surface area contributed by atoms with Gasteiger partial charge in [0.25, 0.3) is 0 Å². The quantitative estimate of drug-likeness (QED) is 0.785. The predicted molar refractivity (Wildman–Crippen MR) is 74.8 cm³/mol. The second kappa shape index (κ2) is 7.69. The summed E-state index contributed by atoms with van der Waals surface area (Å²) in [4.78, 5) is 0. The Morgan fingerprint density at radius 2 is 1.94 bits per heavy atom. The Bertz CT molecular complexity index is 332. The Morgan fingerprint density at radius 3 is 2.59 bits per heavy atom. The highest BCUT2D eigenvalue weighted by atomic mass is 79.9. The van der Waals surface area contributed by atoms with Crippen LogP contribution in [0.4, 0.5) is 5.69 Å². The molecule has 1 aromatic carbocycles. The Hall–Kier alpha value is -0.580. The van der Waals surface area contributed by atoms with Crippen molar-refractivity contribution in [1.29, 1.82) is 0 Å². The van der Waals surface area contributed by atoms with Crippen LogP contribution in [0.5, 0.6) is 0 Å². The molecule has 1 rings (SSSR count). The molecule has 0 amide bonds. The Labute approximate surface area is 112 Å². The van der Waals surface area contributed by atoms with Crippen LogP contribution in [0.25, 0.3) is 0 Å². The van der Waals surface area contributed by atoms with Crippen LogP contribution in [0.1, 0.15) is 11.1 Å². The van der Waals surface area contributed by atoms with Crippen LogP contribution in [0, 0.1) is 13.8 Å². The SMILES string of the molecule is COCCOCCNc1c(C)cc(C)cc1Br. The van der Waals surface area contributed by atoms with Gasteiger partial charge in [0.1, 0.15) is 0 Å². The zero-order chi connectivity index (χ0) is 12.7. The van der Waals surface area contributed by atoms with Crippen LogP contribution in [-0.4, -0.2) is 33.5 Å². The van der Waals surface area contributed by atoms with Gasteiger partial charge in [-0.15, -0.1) is 0 Å². The van der Waals surface area contributed by atoms with E-state index in [-0.39, 0.29) is 0 Å². The van der Waals surface area contributed by atoms with Crippen LogP contribution >= 0.6 is 15.9 Å². The van der Waals surface area contributed by atoms with Crippen molar-refractivity contribution < 1.29 is 9.47 Å². The minimum Gasteiger partial charge on any atom is -0.382 e. The van der Waals surface area contributed by atoms with E-state index < -0.39 is 0 Å². The molecule has 0 fully saturated rings. The van der Waals surface area contributed by atoms with Crippen LogP contribution in [0.3, 0.4) is 0 Å². The lowest BCUT2D eigenvalue weighted by atomic mass is 10.1. The number of hydrogen-bond acceptors (Lipinski definition) is 3. The van der Waals surface area contributed by atoms with Crippen LogP contribution in [0.2, 0.25) is 0 Å². The largest absolute Gasteiger partial charge is 0.382 e. The molecule has 0 saturated heterocycles. The van der Waals surface area contributed by atoms with Gasteiger partial charge in [-0.05, 0) is 47.0 Å². The number of ether oxygens (including phenoxy) is 2. The molecular formula is C13H20BrNO2. The molecule has 0 atom stereocenters. The third-order valence-electron chi connectivity index (χ3n) is 2.41. The van der Waals surface area contributed by atoms with Gasteiger partial charge in [0.05, 0.1) is 25.5 Å². The van der Waals surface area contributed by atoms with E-state index in [0.717, 1.165) is 16.7 Å². The number of aryl methyl sites for hydroxylation is 2. The van der Waals surface area contributed by atoms with Crippen LogP contribution in [0.15, 0.2) is 16.6 Å². The Kier molecular flexibility index (Phi) is 6.55. The first kappa shape index (κ1) is 14.5. The fraction of sp³-hybridized carbons (Fsp3) is 0.538. The topological polar surface area (TPSA) is 30.5 Å². The van der Waals surface area contributed by atoms with E-state index in [1.54, 1.807) is 7.11 Å². The smallest absolute Gasteiger partial charge is 0.0701 e. The zero-order valence-electron chi connectivity index (χ0n) is 10.7. The van der Waals surface area contributed by atoms with Gasteiger partial charge in [-0.1, -0.05) is 6.07 Å². The third kappa shape index (κ3) is 5.06. The molecule has 0 aromatic heterocycles. The molecule has 0 bridgehead atoms. The van der Waals surface area contributed by atoms with E-state index in [9.17, 15) is 0 Å². The molecular weight excluding hydrogens is 282 g/mol. The fourth-order valence-corrected chi connectivity index (χ4v) is 2.45. The lowest BCUT2D eigenvalue weighted by molar-refractivity contribution is 0.0759. The number of nitrogens with one attached hydrogen (secondary N) is 1. The maximum absolute atomic E-state index is 5.40. The third-order valence-corrected chi connectivity index (χ3v) is 3.04. The number of benzene rings is 1. The number of rotatable bonds is 7. The van der Waals surface area contributed by atoms with Crippen molar-refractivity contribution in [3.8, 4) is 0 Å². The monoisotopic (exact) mass is 301 g/mol. The minimum atomic E-state index is 0.645. The summed E-state index contributed by atoms with van der Waals surface area (Å²) in [6.45, 7) is 6.97. The molecule has 96 valence electrons. The lowest BCUT2D eigenvalue weighted by Crippen LogP contribution is -2.12. The Morgan fingerprint density at radius 1 is 1.18 bits per heavy atom. The summed E-state index contributed by atoms with van der Waals surface area (Å²) < 4.78 is 11.4. The number of methoxy groups -OCH3 is 1. The summed E-state index contributed by atoms with van der Waals surface area (Å²) in [7, 11) is 1.67. The first-order valence-corrected chi connectivity index (χ1v) is 6.51. The zero-order valence-corrected chi connectivity index (χ0v) is 12.3. The molecule has 0 heterocycles. The number of halogens is 1. The van der Waals surface area contributed by atoms with E-state index in [4.69, 9.17) is 9.47 Å². The molecule has 3 nitrogen and oxygen atoms in total. The van der Waals surface area contributed by atoms with Crippen molar-refractivity contribution in [3.05, 3.63) is 27.7 Å². The predicted octanol–water partition coefficient (Wildman–Crippen LogP) is 3.14. The molecule has 1 N–H and O–H groups in total. The van der Waals surface area contributed by atoms with Gasteiger partial charge >= 0.3 is 0 Å². The molecule has 17 heavy (non-hydrogen) atoms. The summed E-state index contributed by atoms with van der Waals surface area (Å²) in [6.07, 6.45) is 0. The second-order valence-electron chi connectivity index (χ2n) is 3.97. The Balaban J connectivity index is 2.36. The second-order valence-corrected chi connectivity index (χ2v) is 4.82. The van der Waals surface area contributed by atoms with Gasteiger partial charge in [-0.25, -0.2) is 0 Å². The van der Waals surface area contributed by atoms with Crippen LogP contribution in [-0.2, 0) is 9.47 Å². The molecule has 0 aliphatic rings. The van der Waals surface area contributed by atoms with Gasteiger partial charge in [0, 0.05) is 18.1 Å². The molecule has 0 radical (unpaired) electrons. The van der Waals surface area contributed by atoms with Gasteiger partial charge in [-0.2, -0.15) is 0 Å². The molecule has 0 aliphatic carbocycles. The average molecular weight is 302 g/mol. The first-order chi connectivity index (χ1) is 8.15. The highest BCUT2D eigenvalue weighted by molar-refractivity contribution is 9.10. The van der Waals surface area contributed by atoms with E-state index in [0.29, 0.717) is 19.8 Å². The van der Waals surface area contributed by atoms with Crippen molar-refractivity contribution in [2.24, 2.45) is 0 Å². The van der Waals surface area contributed by atoms with Gasteiger partial charge in [-0.3, -0.25) is 0 Å². The van der Waals surface area contributed by atoms with Gasteiger partial charge in [0.15, 0.2) is 0 Å². The first-order valence-electron chi connectivity index (χ1n) is 5.72. The number of hydrogen-bond donors (Lipinski definition) is 1. The van der Waals surface area contributed by atoms with E-state index in [1.807, 2.05) is 0 Å². The number of anilines is 1. The normalized spacial score (nSPS) is 10.6. The summed E-state index contributed by atoms with van der Waals surface area (Å²) >= 11 is 3.57. The van der Waals surface area contributed by atoms with Crippen molar-refractivity contribution >= 4 is 21.6 Å². The molecule has 0 saturated carbocycles. The minimum absolute atomic E-state index is 0.645. The van der Waals surface area contributed by atoms with E-state index >= 15 is 0 Å². The summed E-state index contributed by atoms with van der Waals surface area (Å²) in [5.41, 5.74) is 3.65. The maximum atomic E-state index is 5.40. The van der Waals surface area contributed by atoms with Gasteiger partial charge in [0.2, 0.25) is 0 Å². The molecule has 0 spiro atoms. The molecule has 0 aliphatic heterocycles. The standard InChI is InChI=1S/C13H20BrNO2/c1-10-8-11(2)13(12(14)9-10)15-4-5-17-7-6-16-3/h8-9,15H,4-7H2,1-3H3. The van der Waals surface area contributed by atoms with Crippen molar-refractivity contribution in [2.75, 3.05) is 38.8 Å². The fourth-order valence-electron chi connectivity index (χ4n) is 1.63. The molecule has 1 aromatic rings. The van der Waals surface area contributed by atoms with Crippen LogP contribution < -0.4 is 5.32 Å². The average Bonchev–Trinajstić information content (AvgIpc) is 2.26. The van der Waals surface area contributed by atoms with E-state index in [1.165, 1.54) is 11.1 Å². The highest BCUT2D eigenvalue weighted by Gasteiger charge is 2.03. The maximum Gasteiger partial charge on any atom is 0.0701 e. The summed E-state index contributed by atoms with van der Waals surface area (Å²) in [5, 5.41) is 3.37. The highest BCUT2D eigenvalue weighted by Crippen LogP contribution is 2.27. The van der Waals surface area contributed by atoms with Crippen molar-refractivity contribution in [3.63, 3.8) is 0 Å². The van der Waals surface area contributed by atoms with Gasteiger partial charge < -0.3 is 14.8 Å². The summed E-state index contributed by atoms with van der Waals surface area (Å²) in [6, 6.07) is 4.28. The summed E-state index contributed by atoms with van der Waals surface area (Å²) in [5.74, 6) is 0.